The summed E-state index contributed by atoms with van der Waals surface area (Å²) in [6.07, 6.45) is 9.72. The van der Waals surface area contributed by atoms with Crippen molar-refractivity contribution in [2.24, 2.45) is 35.5 Å². The summed E-state index contributed by atoms with van der Waals surface area (Å²) in [5.41, 5.74) is -1.50. The summed E-state index contributed by atoms with van der Waals surface area (Å²) in [5, 5.41) is 6.75. The fourth-order valence-corrected chi connectivity index (χ4v) is 11.1. The molecule has 8 rings (SSSR count). The van der Waals surface area contributed by atoms with Gasteiger partial charge >= 0.3 is 6.09 Å². The van der Waals surface area contributed by atoms with Gasteiger partial charge in [-0.15, -0.1) is 0 Å². The van der Waals surface area contributed by atoms with E-state index in [1.165, 1.54) is 4.90 Å². The van der Waals surface area contributed by atoms with Gasteiger partial charge in [-0.25, -0.2) is 18.2 Å². The number of carbonyl (C=O) groups is 4. The van der Waals surface area contributed by atoms with Crippen LogP contribution in [0.5, 0.6) is 11.6 Å². The third-order valence-electron chi connectivity index (χ3n) is 13.5. The second-order valence-electron chi connectivity index (χ2n) is 17.9. The van der Waals surface area contributed by atoms with Gasteiger partial charge in [0.05, 0.1) is 24.6 Å². The number of amides is 4. The van der Waals surface area contributed by atoms with Gasteiger partial charge in [-0.2, -0.15) is 0 Å². The highest BCUT2D eigenvalue weighted by atomic mass is 32.2. The van der Waals surface area contributed by atoms with Gasteiger partial charge in [-0.05, 0) is 93.4 Å². The zero-order valence-electron chi connectivity index (χ0n) is 33.9. The van der Waals surface area contributed by atoms with Crippen molar-refractivity contribution < 1.29 is 41.8 Å². The zero-order chi connectivity index (χ0) is 40.9. The highest BCUT2D eigenvalue weighted by Gasteiger charge is 2.62. The van der Waals surface area contributed by atoms with Gasteiger partial charge < -0.3 is 29.7 Å². The lowest BCUT2D eigenvalue weighted by molar-refractivity contribution is -0.142. The van der Waals surface area contributed by atoms with Crippen molar-refractivity contribution in [1.82, 2.24) is 25.2 Å². The number of benzene rings is 1. The molecule has 4 aliphatic carbocycles. The molecule has 2 aliphatic heterocycles. The van der Waals surface area contributed by atoms with E-state index < -0.39 is 68.7 Å². The first-order valence-electron chi connectivity index (χ1n) is 21.3. The standard InChI is InChI=1S/C43H57N5O9S/c1-5-16-55-36-22-44-39(32-13-9-8-12-31(32)36)56-29-20-35-38(49)46-43(41(51)47-58(53,54)30-14-15-30)21-27(43)11-7-6-10-24(2)17-25(3)37(40(50)48(35)23-29)45-42(52)57-28-18-33-26(4)34(33)19-28/h7-9,11-13,22,24-30,33-35,37H,5-6,10,14-21,23H2,1-4H3,(H,45,52)(H,46,49)(H,47,51). The second kappa shape index (κ2) is 16.0. The summed E-state index contributed by atoms with van der Waals surface area (Å²) in [5.74, 6) is 0.320. The van der Waals surface area contributed by atoms with Crippen LogP contribution in [-0.2, 0) is 29.1 Å². The van der Waals surface area contributed by atoms with Crippen LogP contribution in [0.1, 0.15) is 91.9 Å². The average molecular weight is 820 g/mol. The van der Waals surface area contributed by atoms with Crippen LogP contribution in [0, 0.1) is 35.5 Å². The summed E-state index contributed by atoms with van der Waals surface area (Å²) in [6, 6.07) is 5.46. The number of ether oxygens (including phenoxy) is 3. The van der Waals surface area contributed by atoms with E-state index in [0.717, 1.165) is 31.1 Å². The van der Waals surface area contributed by atoms with Gasteiger partial charge in [0.15, 0.2) is 0 Å². The largest absolute Gasteiger partial charge is 0.491 e. The lowest BCUT2D eigenvalue weighted by Crippen LogP contribution is -2.59. The first-order valence-corrected chi connectivity index (χ1v) is 22.8. The lowest BCUT2D eigenvalue weighted by Gasteiger charge is -2.33. The number of fused-ring (bicyclic) bond motifs is 4. The second-order valence-corrected chi connectivity index (χ2v) is 19.8. The van der Waals surface area contributed by atoms with Crippen LogP contribution in [0.2, 0.25) is 0 Å². The van der Waals surface area contributed by atoms with Crippen molar-refractivity contribution in [1.29, 1.82) is 0 Å². The van der Waals surface area contributed by atoms with Crippen LogP contribution >= 0.6 is 0 Å². The molecule has 0 radical (unpaired) electrons. The Hall–Kier alpha value is -4.40. The van der Waals surface area contributed by atoms with Crippen LogP contribution in [-0.4, -0.2) is 90.3 Å². The molecule has 15 heteroatoms. The van der Waals surface area contributed by atoms with Crippen molar-refractivity contribution in [2.75, 3.05) is 13.2 Å². The molecule has 3 heterocycles. The van der Waals surface area contributed by atoms with E-state index in [1.807, 2.05) is 50.3 Å². The third kappa shape index (κ3) is 8.24. The van der Waals surface area contributed by atoms with E-state index in [1.54, 1.807) is 6.20 Å². The van der Waals surface area contributed by atoms with Crippen LogP contribution in [0.15, 0.2) is 42.6 Å². The van der Waals surface area contributed by atoms with Crippen molar-refractivity contribution in [3.05, 3.63) is 42.6 Å². The molecule has 14 nitrogen and oxygen atoms in total. The quantitative estimate of drug-likeness (QED) is 0.276. The number of hydrogen-bond donors (Lipinski definition) is 3. The molecule has 0 spiro atoms. The van der Waals surface area contributed by atoms with E-state index >= 15 is 0 Å². The molecule has 5 fully saturated rings. The smallest absolute Gasteiger partial charge is 0.408 e. The van der Waals surface area contributed by atoms with E-state index in [2.05, 4.69) is 34.2 Å². The summed E-state index contributed by atoms with van der Waals surface area (Å²) in [4.78, 5) is 63.0. The third-order valence-corrected chi connectivity index (χ3v) is 15.3. The van der Waals surface area contributed by atoms with Crippen molar-refractivity contribution in [2.45, 2.75) is 127 Å². The molecule has 6 aliphatic rings. The monoisotopic (exact) mass is 819 g/mol. The highest BCUT2D eigenvalue weighted by Crippen LogP contribution is 2.57. The van der Waals surface area contributed by atoms with E-state index in [-0.39, 0.29) is 37.3 Å². The van der Waals surface area contributed by atoms with Gasteiger partial charge in [0.25, 0.3) is 5.91 Å². The fourth-order valence-electron chi connectivity index (χ4n) is 9.74. The summed E-state index contributed by atoms with van der Waals surface area (Å²) in [7, 11) is -3.90. The normalized spacial score (nSPS) is 34.7. The maximum atomic E-state index is 14.9. The summed E-state index contributed by atoms with van der Waals surface area (Å²) < 4.78 is 46.5. The number of hydrogen-bond acceptors (Lipinski definition) is 10. The van der Waals surface area contributed by atoms with Gasteiger partial charge in [-0.1, -0.05) is 58.0 Å². The maximum Gasteiger partial charge on any atom is 0.408 e. The van der Waals surface area contributed by atoms with Crippen LogP contribution < -0.4 is 24.8 Å². The van der Waals surface area contributed by atoms with E-state index in [9.17, 15) is 27.6 Å². The highest BCUT2D eigenvalue weighted by molar-refractivity contribution is 7.91. The Morgan fingerprint density at radius 1 is 1.00 bits per heavy atom. The first kappa shape index (κ1) is 40.4. The number of nitrogens with zero attached hydrogens (tertiary/aromatic N) is 2. The van der Waals surface area contributed by atoms with Crippen LogP contribution in [0.4, 0.5) is 4.79 Å². The molecule has 3 N–H and O–H groups in total. The van der Waals surface area contributed by atoms with Crippen molar-refractivity contribution in [3.8, 4) is 11.6 Å². The Morgan fingerprint density at radius 2 is 1.74 bits per heavy atom. The van der Waals surface area contributed by atoms with Gasteiger partial charge in [0.2, 0.25) is 27.7 Å². The molecule has 4 saturated carbocycles. The predicted octanol–water partition coefficient (Wildman–Crippen LogP) is 5.01. The molecular weight excluding hydrogens is 763 g/mol. The Balaban J connectivity index is 1.09. The van der Waals surface area contributed by atoms with Crippen molar-refractivity contribution >= 4 is 44.6 Å². The van der Waals surface area contributed by atoms with E-state index in [4.69, 9.17) is 14.2 Å². The number of sulfonamides is 1. The summed E-state index contributed by atoms with van der Waals surface area (Å²) >= 11 is 0. The summed E-state index contributed by atoms with van der Waals surface area (Å²) in [6.45, 7) is 8.81. The number of allylic oxidation sites excluding steroid dienone is 1. The molecular formula is C43H57N5O9S. The number of rotatable bonds is 10. The zero-order valence-corrected chi connectivity index (χ0v) is 34.7. The number of alkyl carbamates (subject to hydrolysis) is 1. The molecule has 9 atom stereocenters. The molecule has 1 aromatic carbocycles. The molecule has 314 valence electrons. The van der Waals surface area contributed by atoms with Crippen LogP contribution in [0.25, 0.3) is 10.8 Å². The topological polar surface area (TPSA) is 182 Å². The SMILES string of the molecule is CCCOc1cnc(OC2CC3C(=O)NC4(C(=O)NS(=O)(=O)C5CC5)CC4C=CCCC(C)CC(C)C(NC(=O)OC4CC5C(C)C5C4)C(=O)N3C2)c2ccccc12. The molecule has 1 aromatic heterocycles. The van der Waals surface area contributed by atoms with Gasteiger partial charge in [-0.3, -0.25) is 19.1 Å². The Labute approximate surface area is 340 Å². The predicted molar refractivity (Wildman–Crippen MR) is 215 cm³/mol. The molecule has 4 amide bonds. The maximum absolute atomic E-state index is 14.9. The number of carbonyl (C=O) groups excluding carboxylic acids is 4. The lowest BCUT2D eigenvalue weighted by atomic mass is 9.88. The average Bonchev–Trinajstić information content (AvgIpc) is 4.15. The molecule has 0 bridgehead atoms. The Kier molecular flexibility index (Phi) is 11.1. The van der Waals surface area contributed by atoms with Gasteiger partial charge in [0.1, 0.15) is 35.6 Å². The Morgan fingerprint density at radius 3 is 2.47 bits per heavy atom. The van der Waals surface area contributed by atoms with Gasteiger partial charge in [0, 0.05) is 23.1 Å². The first-order chi connectivity index (χ1) is 27.8. The number of aromatic nitrogens is 1. The number of nitrogens with one attached hydrogen (secondary N) is 3. The molecule has 58 heavy (non-hydrogen) atoms. The number of pyridine rings is 1. The fraction of sp³-hybridized carbons (Fsp3) is 0.651. The minimum atomic E-state index is -3.90. The minimum Gasteiger partial charge on any atom is -0.491 e. The molecule has 1 saturated heterocycles. The molecule has 2 aromatic rings. The minimum absolute atomic E-state index is 0.00102. The molecule has 9 unspecified atom stereocenters. The Bertz CT molecular complexity index is 2060. The van der Waals surface area contributed by atoms with E-state index in [0.29, 0.717) is 67.1 Å². The van der Waals surface area contributed by atoms with Crippen LogP contribution in [0.3, 0.4) is 0 Å². The van der Waals surface area contributed by atoms with Crippen molar-refractivity contribution in [3.63, 3.8) is 0 Å².